The Labute approximate surface area is 199 Å². The molecule has 2 aromatic carbocycles. The lowest BCUT2D eigenvalue weighted by Gasteiger charge is -2.12. The van der Waals surface area contributed by atoms with Crippen molar-refractivity contribution in [2.75, 3.05) is 0 Å². The van der Waals surface area contributed by atoms with Crippen LogP contribution in [0.1, 0.15) is 11.3 Å². The Hall–Kier alpha value is -2.63. The first kappa shape index (κ1) is 21.6. The average Bonchev–Trinajstić information content (AvgIpc) is 3.30. The summed E-state index contributed by atoms with van der Waals surface area (Å²) in [5.74, 6) is 0.246. The van der Waals surface area contributed by atoms with Crippen LogP contribution in [-0.4, -0.2) is 21.0 Å². The number of furan rings is 1. The molecule has 0 spiro atoms. The number of nitrogens with zero attached hydrogens (tertiary/aromatic N) is 2. The summed E-state index contributed by atoms with van der Waals surface area (Å²) >= 11 is 9.18. The lowest BCUT2D eigenvalue weighted by atomic mass is 10.1. The maximum absolute atomic E-state index is 12.7. The van der Waals surface area contributed by atoms with E-state index < -0.39 is 10.8 Å². The van der Waals surface area contributed by atoms with Crippen molar-refractivity contribution in [2.24, 2.45) is 0 Å². The van der Waals surface area contributed by atoms with E-state index in [0.717, 1.165) is 20.9 Å². The average molecular weight is 567 g/mol. The summed E-state index contributed by atoms with van der Waals surface area (Å²) in [6.45, 7) is 0.186. The van der Waals surface area contributed by atoms with E-state index in [0.29, 0.717) is 22.1 Å². The summed E-state index contributed by atoms with van der Waals surface area (Å²) in [4.78, 5) is 37.0. The van der Waals surface area contributed by atoms with Gasteiger partial charge in [-0.1, -0.05) is 23.7 Å². The van der Waals surface area contributed by atoms with Crippen molar-refractivity contribution < 1.29 is 18.9 Å². The molecule has 4 rings (SSSR count). The SMILES string of the molecule is O=C1S/C(=C\c2ccc(-c3cc([N+](=O)[O-])ccc3Cl)o2)C(=O)N1Cc1ccc(I)cc1. The molecule has 1 aliphatic rings. The van der Waals surface area contributed by atoms with E-state index in [1.807, 2.05) is 24.3 Å². The van der Waals surface area contributed by atoms with Crippen molar-refractivity contribution in [3.8, 4) is 11.3 Å². The number of halogens is 2. The third-order valence-corrected chi connectivity index (χ3v) is 6.41. The number of benzene rings is 2. The Morgan fingerprint density at radius 2 is 1.87 bits per heavy atom. The monoisotopic (exact) mass is 566 g/mol. The second kappa shape index (κ2) is 8.85. The number of rotatable bonds is 5. The van der Waals surface area contributed by atoms with Crippen LogP contribution in [0, 0.1) is 13.7 Å². The minimum Gasteiger partial charge on any atom is -0.457 e. The molecule has 31 heavy (non-hydrogen) atoms. The normalized spacial score (nSPS) is 15.2. The Kier molecular flexibility index (Phi) is 6.17. The van der Waals surface area contributed by atoms with Crippen molar-refractivity contribution >= 4 is 68.9 Å². The summed E-state index contributed by atoms with van der Waals surface area (Å²) < 4.78 is 6.78. The van der Waals surface area contributed by atoms with Gasteiger partial charge in [0, 0.05) is 27.3 Å². The van der Waals surface area contributed by atoms with Gasteiger partial charge in [-0.25, -0.2) is 0 Å². The van der Waals surface area contributed by atoms with Gasteiger partial charge in [-0.3, -0.25) is 24.6 Å². The summed E-state index contributed by atoms with van der Waals surface area (Å²) in [6.07, 6.45) is 1.48. The minimum absolute atomic E-state index is 0.117. The first-order valence-electron chi connectivity index (χ1n) is 8.86. The predicted octanol–water partition coefficient (Wildman–Crippen LogP) is 6.35. The highest BCUT2D eigenvalue weighted by Crippen LogP contribution is 2.36. The highest BCUT2D eigenvalue weighted by molar-refractivity contribution is 14.1. The van der Waals surface area contributed by atoms with Gasteiger partial charge in [0.15, 0.2) is 0 Å². The van der Waals surface area contributed by atoms with E-state index in [1.54, 1.807) is 12.1 Å². The van der Waals surface area contributed by atoms with E-state index in [-0.39, 0.29) is 22.4 Å². The lowest BCUT2D eigenvalue weighted by Crippen LogP contribution is -2.27. The fourth-order valence-electron chi connectivity index (χ4n) is 2.93. The predicted molar refractivity (Wildman–Crippen MR) is 126 cm³/mol. The quantitative estimate of drug-likeness (QED) is 0.155. The number of nitro groups is 1. The zero-order valence-electron chi connectivity index (χ0n) is 15.6. The number of carbonyl (C=O) groups excluding carboxylic acids is 2. The Balaban J connectivity index is 1.56. The molecule has 0 saturated carbocycles. The summed E-state index contributed by atoms with van der Waals surface area (Å²) in [6, 6.07) is 14.8. The van der Waals surface area contributed by atoms with Crippen LogP contribution in [0.15, 0.2) is 63.9 Å². The van der Waals surface area contributed by atoms with Crippen molar-refractivity contribution in [1.29, 1.82) is 0 Å². The van der Waals surface area contributed by atoms with Gasteiger partial charge in [0.1, 0.15) is 11.5 Å². The third-order valence-electron chi connectivity index (χ3n) is 4.45. The third kappa shape index (κ3) is 4.68. The van der Waals surface area contributed by atoms with Gasteiger partial charge in [0.05, 0.1) is 21.4 Å². The second-order valence-corrected chi connectivity index (χ2v) is 9.16. The van der Waals surface area contributed by atoms with Crippen LogP contribution in [0.3, 0.4) is 0 Å². The van der Waals surface area contributed by atoms with Crippen molar-refractivity contribution in [3.63, 3.8) is 0 Å². The first-order valence-corrected chi connectivity index (χ1v) is 11.1. The van der Waals surface area contributed by atoms with Crippen molar-refractivity contribution in [3.05, 3.63) is 89.5 Å². The number of non-ortho nitro benzene ring substituents is 1. The van der Waals surface area contributed by atoms with Gasteiger partial charge in [0.25, 0.3) is 16.8 Å². The molecule has 1 aliphatic heterocycles. The second-order valence-electron chi connectivity index (χ2n) is 6.52. The standard InChI is InChI=1S/C21H12ClIN2O5S/c22-17-7-5-14(25(28)29)9-16(17)18-8-6-15(30-18)10-19-20(26)24(21(27)31-19)11-12-1-3-13(23)4-2-12/h1-10H,11H2/b19-10-. The molecule has 0 N–H and O–H groups in total. The van der Waals surface area contributed by atoms with Gasteiger partial charge < -0.3 is 4.42 Å². The molecule has 10 heteroatoms. The zero-order chi connectivity index (χ0) is 22.1. The van der Waals surface area contributed by atoms with Crippen LogP contribution >= 0.6 is 46.0 Å². The smallest absolute Gasteiger partial charge is 0.293 e. The molecule has 1 aromatic heterocycles. The highest BCUT2D eigenvalue weighted by Gasteiger charge is 2.35. The van der Waals surface area contributed by atoms with E-state index in [9.17, 15) is 19.7 Å². The van der Waals surface area contributed by atoms with E-state index in [1.165, 1.54) is 29.2 Å². The number of nitro benzene ring substituents is 1. The largest absolute Gasteiger partial charge is 0.457 e. The van der Waals surface area contributed by atoms with Crippen molar-refractivity contribution in [2.45, 2.75) is 6.54 Å². The van der Waals surface area contributed by atoms with Crippen LogP contribution < -0.4 is 0 Å². The number of hydrogen-bond donors (Lipinski definition) is 0. The molecule has 0 unspecified atom stereocenters. The van der Waals surface area contributed by atoms with Gasteiger partial charge >= 0.3 is 0 Å². The lowest BCUT2D eigenvalue weighted by molar-refractivity contribution is -0.384. The van der Waals surface area contributed by atoms with Gasteiger partial charge in [-0.2, -0.15) is 0 Å². The van der Waals surface area contributed by atoms with E-state index in [4.69, 9.17) is 16.0 Å². The zero-order valence-corrected chi connectivity index (χ0v) is 19.3. The maximum Gasteiger partial charge on any atom is 0.293 e. The van der Waals surface area contributed by atoms with Gasteiger partial charge in [0.2, 0.25) is 0 Å². The Morgan fingerprint density at radius 3 is 2.58 bits per heavy atom. The number of thioether (sulfide) groups is 1. The fourth-order valence-corrected chi connectivity index (χ4v) is 4.32. The molecule has 2 heterocycles. The van der Waals surface area contributed by atoms with Crippen molar-refractivity contribution in [1.82, 2.24) is 4.90 Å². The Bertz CT molecular complexity index is 1240. The highest BCUT2D eigenvalue weighted by atomic mass is 127. The summed E-state index contributed by atoms with van der Waals surface area (Å²) in [5.41, 5.74) is 1.10. The number of imide groups is 1. The van der Waals surface area contributed by atoms with Crippen LogP contribution in [0.4, 0.5) is 10.5 Å². The number of amides is 2. The first-order chi connectivity index (χ1) is 14.8. The van der Waals surface area contributed by atoms with Gasteiger partial charge in [-0.15, -0.1) is 0 Å². The van der Waals surface area contributed by atoms with Crippen LogP contribution in [-0.2, 0) is 11.3 Å². The molecule has 0 aliphatic carbocycles. The van der Waals surface area contributed by atoms with Gasteiger partial charge in [-0.05, 0) is 70.2 Å². The molecule has 1 saturated heterocycles. The summed E-state index contributed by atoms with van der Waals surface area (Å²) in [5, 5.41) is 11.0. The molecule has 0 radical (unpaired) electrons. The number of carbonyl (C=O) groups is 2. The van der Waals surface area contributed by atoms with Crippen LogP contribution in [0.5, 0.6) is 0 Å². The molecule has 156 valence electrons. The topological polar surface area (TPSA) is 93.7 Å². The van der Waals surface area contributed by atoms with E-state index >= 15 is 0 Å². The summed E-state index contributed by atoms with van der Waals surface area (Å²) in [7, 11) is 0. The fraction of sp³-hybridized carbons (Fsp3) is 0.0476. The van der Waals surface area contributed by atoms with E-state index in [2.05, 4.69) is 22.6 Å². The number of hydrogen-bond acceptors (Lipinski definition) is 6. The molecular weight excluding hydrogens is 555 g/mol. The molecule has 7 nitrogen and oxygen atoms in total. The molecule has 0 atom stereocenters. The maximum atomic E-state index is 12.7. The molecule has 0 bridgehead atoms. The minimum atomic E-state index is -0.521. The Morgan fingerprint density at radius 1 is 1.13 bits per heavy atom. The molecular formula is C21H12ClIN2O5S. The molecule has 2 amide bonds. The van der Waals surface area contributed by atoms with Crippen LogP contribution in [0.25, 0.3) is 17.4 Å². The molecule has 1 fully saturated rings. The molecule has 3 aromatic rings. The van der Waals surface area contributed by atoms with Crippen LogP contribution in [0.2, 0.25) is 5.02 Å².